The van der Waals surface area contributed by atoms with Crippen LogP contribution in [0, 0.1) is 0 Å². The zero-order valence-corrected chi connectivity index (χ0v) is 24.8. The number of hydrogen-bond donors (Lipinski definition) is 4. The van der Waals surface area contributed by atoms with E-state index in [1.54, 1.807) is 7.11 Å². The fourth-order valence-electron chi connectivity index (χ4n) is 4.30. The van der Waals surface area contributed by atoms with Gasteiger partial charge < -0.3 is 37.7 Å². The highest BCUT2D eigenvalue weighted by molar-refractivity contribution is 6.73. The number of halogens is 1. The van der Waals surface area contributed by atoms with E-state index in [4.69, 9.17) is 4.43 Å². The molecule has 0 atom stereocenters. The summed E-state index contributed by atoms with van der Waals surface area (Å²) in [5.41, 5.74) is 0. The van der Waals surface area contributed by atoms with Gasteiger partial charge in [-0.2, -0.15) is 0 Å². The molecule has 1 amide bonds. The number of aliphatic hydroxyl groups is 2. The first kappa shape index (κ1) is 37.0. The SMILES string of the molecule is CCCCCCCCCCCCCCCC(=O)NCCNCCCCCC[Si](CO)(CO)OC.[Cl-]. The van der Waals surface area contributed by atoms with Crippen LogP contribution in [-0.4, -0.2) is 63.6 Å². The Bertz CT molecular complexity index is 435. The number of aliphatic hydroxyl groups excluding tert-OH is 2. The molecule has 8 heteroatoms. The summed E-state index contributed by atoms with van der Waals surface area (Å²) in [5.74, 6) is 0.184. The van der Waals surface area contributed by atoms with E-state index < -0.39 is 8.32 Å². The van der Waals surface area contributed by atoms with E-state index in [9.17, 15) is 15.0 Å². The molecule has 0 bridgehead atoms. The summed E-state index contributed by atoms with van der Waals surface area (Å²) in [5, 5.41) is 25.2. The largest absolute Gasteiger partial charge is 1.00 e. The lowest BCUT2D eigenvalue weighted by atomic mass is 10.0. The topological polar surface area (TPSA) is 90.8 Å². The van der Waals surface area contributed by atoms with Crippen molar-refractivity contribution in [3.8, 4) is 0 Å². The molecule has 0 aromatic carbocycles. The van der Waals surface area contributed by atoms with Gasteiger partial charge in [0.2, 0.25) is 14.2 Å². The molecule has 35 heavy (non-hydrogen) atoms. The summed E-state index contributed by atoms with van der Waals surface area (Å²) >= 11 is 0. The molecule has 0 fully saturated rings. The molecule has 0 radical (unpaired) electrons. The molecule has 0 aliphatic rings. The number of carbonyl (C=O) groups excluding carboxylic acids is 1. The lowest BCUT2D eigenvalue weighted by Gasteiger charge is -2.24. The Hall–Kier alpha value is -0.183. The summed E-state index contributed by atoms with van der Waals surface area (Å²) in [7, 11) is -0.689. The summed E-state index contributed by atoms with van der Waals surface area (Å²) in [6.07, 6.45) is 22.3. The predicted molar refractivity (Wildman–Crippen MR) is 146 cm³/mol. The number of amides is 1. The zero-order valence-electron chi connectivity index (χ0n) is 23.1. The van der Waals surface area contributed by atoms with Gasteiger partial charge in [0.1, 0.15) is 0 Å². The maximum absolute atomic E-state index is 11.9. The first-order valence-corrected chi connectivity index (χ1v) is 16.9. The second kappa shape index (κ2) is 28.4. The van der Waals surface area contributed by atoms with Gasteiger partial charge >= 0.3 is 0 Å². The Morgan fingerprint density at radius 2 is 1.17 bits per heavy atom. The van der Waals surface area contributed by atoms with Crippen molar-refractivity contribution in [2.75, 3.05) is 39.2 Å². The van der Waals surface area contributed by atoms with Crippen LogP contribution in [0.1, 0.15) is 122 Å². The van der Waals surface area contributed by atoms with E-state index in [2.05, 4.69) is 17.6 Å². The minimum atomic E-state index is -2.29. The maximum Gasteiger partial charge on any atom is 0.242 e. The fourth-order valence-corrected chi connectivity index (χ4v) is 6.07. The molecule has 0 saturated heterocycles. The Kier molecular flexibility index (Phi) is 30.0. The molecule has 0 rings (SSSR count). The van der Waals surface area contributed by atoms with Gasteiger partial charge in [0, 0.05) is 26.6 Å². The highest BCUT2D eigenvalue weighted by Gasteiger charge is 2.31. The molecule has 0 spiro atoms. The van der Waals surface area contributed by atoms with Gasteiger partial charge in [0.25, 0.3) is 0 Å². The van der Waals surface area contributed by atoms with Crippen molar-refractivity contribution in [3.05, 3.63) is 0 Å². The molecule has 0 aromatic heterocycles. The standard InChI is InChI=1S/C27H58N2O4Si.ClH/c1-3-4-5-6-7-8-9-10-11-12-13-14-17-20-27(32)29-23-22-28-21-18-15-16-19-24-34(25-30,26-31)33-2;/h28,30-31H,3-26H2,1-2H3,(H,29,32);1H/p-1. The van der Waals surface area contributed by atoms with E-state index in [0.29, 0.717) is 13.0 Å². The summed E-state index contributed by atoms with van der Waals surface area (Å²) in [6, 6.07) is 0.815. The lowest BCUT2D eigenvalue weighted by Crippen LogP contribution is -3.00. The van der Waals surface area contributed by atoms with Crippen LogP contribution in [0.5, 0.6) is 0 Å². The number of unbranched alkanes of at least 4 members (excludes halogenated alkanes) is 15. The highest BCUT2D eigenvalue weighted by atomic mass is 35.5. The van der Waals surface area contributed by atoms with Crippen LogP contribution < -0.4 is 23.0 Å². The smallest absolute Gasteiger partial charge is 0.242 e. The van der Waals surface area contributed by atoms with E-state index >= 15 is 0 Å². The van der Waals surface area contributed by atoms with Crippen LogP contribution >= 0.6 is 0 Å². The van der Waals surface area contributed by atoms with E-state index in [0.717, 1.165) is 51.2 Å². The normalized spacial score (nSPS) is 11.4. The van der Waals surface area contributed by atoms with Crippen LogP contribution in [0.15, 0.2) is 0 Å². The minimum Gasteiger partial charge on any atom is -1.00 e. The maximum atomic E-state index is 11.9. The van der Waals surface area contributed by atoms with Crippen molar-refractivity contribution in [2.45, 2.75) is 129 Å². The molecule has 0 aromatic rings. The van der Waals surface area contributed by atoms with Gasteiger partial charge in [0.15, 0.2) is 0 Å². The third-order valence-corrected chi connectivity index (χ3v) is 10.2. The summed E-state index contributed by atoms with van der Waals surface area (Å²) < 4.78 is 5.39. The van der Waals surface area contributed by atoms with Crippen molar-refractivity contribution >= 4 is 14.2 Å². The van der Waals surface area contributed by atoms with Gasteiger partial charge in [0.05, 0.1) is 12.5 Å². The number of hydrogen-bond acceptors (Lipinski definition) is 5. The monoisotopic (exact) mass is 537 g/mol. The van der Waals surface area contributed by atoms with Crippen molar-refractivity contribution in [2.24, 2.45) is 0 Å². The van der Waals surface area contributed by atoms with Crippen LogP contribution in [-0.2, 0) is 9.22 Å². The highest BCUT2D eigenvalue weighted by Crippen LogP contribution is 2.15. The summed E-state index contributed by atoms with van der Waals surface area (Å²) in [4.78, 5) is 11.9. The number of rotatable bonds is 27. The molecule has 0 aliphatic carbocycles. The average molecular weight is 538 g/mol. The molecule has 0 unspecified atom stereocenters. The Balaban J connectivity index is 0. The van der Waals surface area contributed by atoms with Gasteiger partial charge in [-0.25, -0.2) is 0 Å². The van der Waals surface area contributed by atoms with Crippen molar-refractivity contribution in [1.29, 1.82) is 0 Å². The lowest BCUT2D eigenvalue weighted by molar-refractivity contribution is -0.121. The number of nitrogens with one attached hydrogen (secondary N) is 2. The van der Waals surface area contributed by atoms with Crippen LogP contribution in [0.25, 0.3) is 0 Å². The fraction of sp³-hybridized carbons (Fsp3) is 0.963. The molecule has 0 aliphatic heterocycles. The first-order chi connectivity index (χ1) is 16.6. The second-order valence-electron chi connectivity index (χ2n) is 9.96. The molecular formula is C27H58ClN2O4Si-. The van der Waals surface area contributed by atoms with Crippen LogP contribution in [0.2, 0.25) is 6.04 Å². The molecule has 0 saturated carbocycles. The van der Waals surface area contributed by atoms with Gasteiger partial charge in [-0.1, -0.05) is 103 Å². The third kappa shape index (κ3) is 23.9. The Morgan fingerprint density at radius 1 is 0.686 bits per heavy atom. The van der Waals surface area contributed by atoms with E-state index in [1.165, 1.54) is 77.0 Å². The van der Waals surface area contributed by atoms with Gasteiger partial charge in [-0.3, -0.25) is 4.79 Å². The molecule has 4 N–H and O–H groups in total. The third-order valence-electron chi connectivity index (χ3n) is 6.88. The quantitative estimate of drug-likeness (QED) is 0.0954. The molecule has 0 heterocycles. The minimum absolute atomic E-state index is 0. The predicted octanol–water partition coefficient (Wildman–Crippen LogP) is 2.39. The average Bonchev–Trinajstić information content (AvgIpc) is 2.86. The Morgan fingerprint density at radius 3 is 1.69 bits per heavy atom. The molecule has 212 valence electrons. The Labute approximate surface area is 224 Å². The van der Waals surface area contributed by atoms with Gasteiger partial charge in [-0.15, -0.1) is 0 Å². The van der Waals surface area contributed by atoms with Crippen LogP contribution in [0.4, 0.5) is 0 Å². The first-order valence-electron chi connectivity index (χ1n) is 14.4. The van der Waals surface area contributed by atoms with Crippen molar-refractivity contribution in [3.63, 3.8) is 0 Å². The van der Waals surface area contributed by atoms with E-state index in [1.807, 2.05) is 0 Å². The van der Waals surface area contributed by atoms with Crippen LogP contribution in [0.3, 0.4) is 0 Å². The molecular weight excluding hydrogens is 480 g/mol. The summed E-state index contributed by atoms with van der Waals surface area (Å²) in [6.45, 7) is 4.75. The number of carbonyl (C=O) groups is 1. The second-order valence-corrected chi connectivity index (χ2v) is 13.9. The van der Waals surface area contributed by atoms with Crippen molar-refractivity contribution in [1.82, 2.24) is 10.6 Å². The molecule has 6 nitrogen and oxygen atoms in total. The zero-order chi connectivity index (χ0) is 25.2. The van der Waals surface area contributed by atoms with Gasteiger partial charge in [-0.05, 0) is 25.4 Å². The van der Waals surface area contributed by atoms with Crippen molar-refractivity contribution < 1.29 is 31.8 Å². The van der Waals surface area contributed by atoms with E-state index in [-0.39, 0.29) is 30.8 Å².